The Morgan fingerprint density at radius 3 is 2.50 bits per heavy atom. The standard InChI is InChI=1S/C12H22/c1-10-5-2-3-6-11-7-4-8-12(10)9-11/h10-12H,2-9H2,1H3. The highest BCUT2D eigenvalue weighted by molar-refractivity contribution is 4.78. The van der Waals surface area contributed by atoms with Gasteiger partial charge in [-0.05, 0) is 24.2 Å². The van der Waals surface area contributed by atoms with Crippen LogP contribution in [0.15, 0.2) is 0 Å². The minimum Gasteiger partial charge on any atom is -0.0622 e. The first-order valence-electron chi connectivity index (χ1n) is 5.86. The zero-order chi connectivity index (χ0) is 8.39. The molecular formula is C12H22. The van der Waals surface area contributed by atoms with E-state index in [1.165, 1.54) is 32.1 Å². The lowest BCUT2D eigenvalue weighted by atomic mass is 9.71. The van der Waals surface area contributed by atoms with Crippen molar-refractivity contribution in [2.75, 3.05) is 0 Å². The highest BCUT2D eigenvalue weighted by Gasteiger charge is 2.27. The molecule has 0 N–H and O–H groups in total. The highest BCUT2D eigenvalue weighted by Crippen LogP contribution is 2.39. The molecule has 70 valence electrons. The zero-order valence-corrected chi connectivity index (χ0v) is 8.39. The molecule has 2 aliphatic rings. The second-order valence-electron chi connectivity index (χ2n) is 5.05. The Hall–Kier alpha value is 0. The van der Waals surface area contributed by atoms with E-state index < -0.39 is 0 Å². The largest absolute Gasteiger partial charge is 0.0622 e. The Morgan fingerprint density at radius 1 is 0.833 bits per heavy atom. The average Bonchev–Trinajstić information content (AvgIpc) is 2.11. The smallest absolute Gasteiger partial charge is 0.0386 e. The van der Waals surface area contributed by atoms with Gasteiger partial charge in [-0.2, -0.15) is 0 Å². The summed E-state index contributed by atoms with van der Waals surface area (Å²) in [6.07, 6.45) is 12.3. The predicted molar refractivity (Wildman–Crippen MR) is 53.1 cm³/mol. The molecule has 0 saturated heterocycles. The topological polar surface area (TPSA) is 0 Å². The van der Waals surface area contributed by atoms with Gasteiger partial charge < -0.3 is 0 Å². The van der Waals surface area contributed by atoms with Gasteiger partial charge in [0.25, 0.3) is 0 Å². The molecule has 0 aliphatic heterocycles. The van der Waals surface area contributed by atoms with E-state index in [1.54, 1.807) is 19.3 Å². The van der Waals surface area contributed by atoms with Gasteiger partial charge in [0.1, 0.15) is 0 Å². The van der Waals surface area contributed by atoms with E-state index in [1.807, 2.05) is 0 Å². The molecule has 0 heteroatoms. The second-order valence-corrected chi connectivity index (χ2v) is 5.05. The lowest BCUT2D eigenvalue weighted by Crippen LogP contribution is -2.23. The van der Waals surface area contributed by atoms with Crippen LogP contribution in [0, 0.1) is 17.8 Å². The highest BCUT2D eigenvalue weighted by atomic mass is 14.3. The first kappa shape index (κ1) is 8.59. The number of rotatable bonds is 0. The van der Waals surface area contributed by atoms with E-state index >= 15 is 0 Å². The van der Waals surface area contributed by atoms with Crippen LogP contribution in [0.25, 0.3) is 0 Å². The molecule has 0 aromatic heterocycles. The lowest BCUT2D eigenvalue weighted by molar-refractivity contribution is 0.167. The molecule has 0 heterocycles. The van der Waals surface area contributed by atoms with Gasteiger partial charge >= 0.3 is 0 Å². The fraction of sp³-hybridized carbons (Fsp3) is 1.00. The Labute approximate surface area is 76.7 Å². The van der Waals surface area contributed by atoms with Gasteiger partial charge in [0, 0.05) is 0 Å². The molecule has 0 nitrogen and oxygen atoms in total. The molecule has 2 saturated carbocycles. The van der Waals surface area contributed by atoms with Crippen LogP contribution in [0.5, 0.6) is 0 Å². The average molecular weight is 166 g/mol. The van der Waals surface area contributed by atoms with Crippen molar-refractivity contribution in [1.82, 2.24) is 0 Å². The quantitative estimate of drug-likeness (QED) is 0.510. The molecule has 0 aromatic carbocycles. The Bertz CT molecular complexity index is 135. The molecule has 12 heavy (non-hydrogen) atoms. The lowest BCUT2D eigenvalue weighted by Gasteiger charge is -2.35. The van der Waals surface area contributed by atoms with E-state index in [9.17, 15) is 0 Å². The maximum absolute atomic E-state index is 2.48. The Balaban J connectivity index is 1.97. The molecule has 2 rings (SSSR count). The van der Waals surface area contributed by atoms with Crippen LogP contribution >= 0.6 is 0 Å². The zero-order valence-electron chi connectivity index (χ0n) is 8.39. The van der Waals surface area contributed by atoms with Crippen molar-refractivity contribution >= 4 is 0 Å². The molecule has 0 spiro atoms. The number of hydrogen-bond donors (Lipinski definition) is 0. The van der Waals surface area contributed by atoms with E-state index in [2.05, 4.69) is 6.92 Å². The summed E-state index contributed by atoms with van der Waals surface area (Å²) in [5.41, 5.74) is 0. The van der Waals surface area contributed by atoms with Gasteiger partial charge in [-0.3, -0.25) is 0 Å². The Morgan fingerprint density at radius 2 is 1.58 bits per heavy atom. The van der Waals surface area contributed by atoms with Crippen LogP contribution in [0.2, 0.25) is 0 Å². The molecule has 3 unspecified atom stereocenters. The molecule has 0 aromatic rings. The summed E-state index contributed by atoms with van der Waals surface area (Å²) in [5, 5.41) is 0. The van der Waals surface area contributed by atoms with Crippen molar-refractivity contribution in [2.24, 2.45) is 17.8 Å². The first-order valence-corrected chi connectivity index (χ1v) is 5.86. The van der Waals surface area contributed by atoms with E-state index in [0.717, 1.165) is 17.8 Å². The van der Waals surface area contributed by atoms with E-state index in [0.29, 0.717) is 0 Å². The summed E-state index contributed by atoms with van der Waals surface area (Å²) < 4.78 is 0. The molecule has 0 amide bonds. The van der Waals surface area contributed by atoms with Gasteiger partial charge in [-0.25, -0.2) is 0 Å². The molecule has 2 fully saturated rings. The third-order valence-corrected chi connectivity index (χ3v) is 4.15. The summed E-state index contributed by atoms with van der Waals surface area (Å²) in [4.78, 5) is 0. The normalized spacial score (nSPS) is 43.2. The summed E-state index contributed by atoms with van der Waals surface area (Å²) in [6.45, 7) is 2.48. The maximum Gasteiger partial charge on any atom is -0.0386 e. The summed E-state index contributed by atoms with van der Waals surface area (Å²) in [5.74, 6) is 3.25. The number of hydrogen-bond acceptors (Lipinski definition) is 0. The summed E-state index contributed by atoms with van der Waals surface area (Å²) >= 11 is 0. The van der Waals surface area contributed by atoms with E-state index in [-0.39, 0.29) is 0 Å². The van der Waals surface area contributed by atoms with Crippen LogP contribution in [0.1, 0.15) is 58.3 Å². The van der Waals surface area contributed by atoms with E-state index in [4.69, 9.17) is 0 Å². The van der Waals surface area contributed by atoms with Gasteiger partial charge in [0.15, 0.2) is 0 Å². The van der Waals surface area contributed by atoms with Crippen molar-refractivity contribution in [3.8, 4) is 0 Å². The molecular weight excluding hydrogens is 144 g/mol. The third-order valence-electron chi connectivity index (χ3n) is 4.15. The van der Waals surface area contributed by atoms with Crippen molar-refractivity contribution in [3.05, 3.63) is 0 Å². The van der Waals surface area contributed by atoms with Crippen molar-refractivity contribution in [2.45, 2.75) is 58.3 Å². The maximum atomic E-state index is 2.48. The second kappa shape index (κ2) is 3.81. The van der Waals surface area contributed by atoms with Gasteiger partial charge in [0.2, 0.25) is 0 Å². The monoisotopic (exact) mass is 166 g/mol. The van der Waals surface area contributed by atoms with Gasteiger partial charge in [-0.1, -0.05) is 51.9 Å². The Kier molecular flexibility index (Phi) is 2.73. The van der Waals surface area contributed by atoms with Crippen molar-refractivity contribution in [3.63, 3.8) is 0 Å². The molecule has 2 bridgehead atoms. The first-order chi connectivity index (χ1) is 5.86. The fourth-order valence-electron chi connectivity index (χ4n) is 3.25. The van der Waals surface area contributed by atoms with Crippen molar-refractivity contribution < 1.29 is 0 Å². The van der Waals surface area contributed by atoms with Crippen LogP contribution in [-0.4, -0.2) is 0 Å². The fourth-order valence-corrected chi connectivity index (χ4v) is 3.25. The van der Waals surface area contributed by atoms with Gasteiger partial charge in [0.05, 0.1) is 0 Å². The van der Waals surface area contributed by atoms with Gasteiger partial charge in [-0.15, -0.1) is 0 Å². The molecule has 0 radical (unpaired) electrons. The van der Waals surface area contributed by atoms with Crippen LogP contribution in [-0.2, 0) is 0 Å². The summed E-state index contributed by atoms with van der Waals surface area (Å²) in [6, 6.07) is 0. The van der Waals surface area contributed by atoms with Crippen LogP contribution in [0.4, 0.5) is 0 Å². The van der Waals surface area contributed by atoms with Crippen LogP contribution in [0.3, 0.4) is 0 Å². The predicted octanol–water partition coefficient (Wildman–Crippen LogP) is 4.00. The molecule has 3 atom stereocenters. The number of fused-ring (bicyclic) bond motifs is 2. The third kappa shape index (κ3) is 1.84. The van der Waals surface area contributed by atoms with Crippen molar-refractivity contribution in [1.29, 1.82) is 0 Å². The molecule has 2 aliphatic carbocycles. The minimum atomic E-state index is 1.04. The van der Waals surface area contributed by atoms with Crippen LogP contribution < -0.4 is 0 Å². The SMILES string of the molecule is CC1CCCCC2CCCC1C2. The summed E-state index contributed by atoms with van der Waals surface area (Å²) in [7, 11) is 0. The minimum absolute atomic E-state index is 1.04.